The van der Waals surface area contributed by atoms with Gasteiger partial charge in [-0.1, -0.05) is 28.1 Å². The Morgan fingerprint density at radius 2 is 1.77 bits per heavy atom. The maximum Gasteiger partial charge on any atom is 0.129 e. The number of rotatable bonds is 2. The number of aryl methyl sites for hydroxylation is 1. The molecule has 0 radical (unpaired) electrons. The summed E-state index contributed by atoms with van der Waals surface area (Å²) in [5.41, 5.74) is 1.90. The van der Waals surface area contributed by atoms with Gasteiger partial charge in [0.25, 0.3) is 0 Å². The van der Waals surface area contributed by atoms with Gasteiger partial charge in [-0.3, -0.25) is 0 Å². The Kier molecular flexibility index (Phi) is 4.45. The summed E-state index contributed by atoms with van der Waals surface area (Å²) in [6.45, 7) is 3.44. The number of fused-ring (bicyclic) bond motifs is 1. The molecular weight excluding hydrogens is 395 g/mol. The summed E-state index contributed by atoms with van der Waals surface area (Å²) in [6, 6.07) is 14.6. The Morgan fingerprint density at radius 3 is 2.46 bits per heavy atom. The lowest BCUT2D eigenvalue weighted by Gasteiger charge is -2.39. The largest absolute Gasteiger partial charge is 0.385 e. The van der Waals surface area contributed by atoms with Crippen molar-refractivity contribution in [2.75, 3.05) is 18.0 Å². The van der Waals surface area contributed by atoms with Crippen LogP contribution in [0.4, 0.5) is 10.2 Å². The van der Waals surface area contributed by atoms with E-state index >= 15 is 0 Å². The third kappa shape index (κ3) is 3.21. The lowest BCUT2D eigenvalue weighted by molar-refractivity contribution is 0.0116. The third-order valence-electron chi connectivity index (χ3n) is 5.26. The second-order valence-corrected chi connectivity index (χ2v) is 7.90. The standard InChI is InChI=1S/C21H20BrFN2O/c1-14-12-20(24-19-13-17(23)6-7-18(14)19)25-10-8-21(26,9-11-25)15-2-4-16(22)5-3-15/h2-7,12-13,26H,8-11H2,1H3. The molecule has 3 aromatic rings. The first-order valence-corrected chi connectivity index (χ1v) is 9.54. The average molecular weight is 415 g/mol. The van der Waals surface area contributed by atoms with Crippen LogP contribution in [-0.4, -0.2) is 23.2 Å². The van der Waals surface area contributed by atoms with E-state index in [2.05, 4.69) is 25.8 Å². The van der Waals surface area contributed by atoms with Crippen LogP contribution in [0.25, 0.3) is 10.9 Å². The molecular formula is C21H20BrFN2O. The fourth-order valence-corrected chi connectivity index (χ4v) is 3.94. The van der Waals surface area contributed by atoms with E-state index in [-0.39, 0.29) is 5.82 Å². The molecule has 26 heavy (non-hydrogen) atoms. The van der Waals surface area contributed by atoms with Crippen LogP contribution in [0.2, 0.25) is 0 Å². The Morgan fingerprint density at radius 1 is 1.08 bits per heavy atom. The predicted octanol–water partition coefficient (Wildman–Crippen LogP) is 4.93. The van der Waals surface area contributed by atoms with Crippen LogP contribution in [-0.2, 0) is 5.60 Å². The number of aromatic nitrogens is 1. The number of halogens is 2. The summed E-state index contributed by atoms with van der Waals surface area (Å²) in [5.74, 6) is 0.572. The number of benzene rings is 2. The number of pyridine rings is 1. The highest BCUT2D eigenvalue weighted by atomic mass is 79.9. The molecule has 1 saturated heterocycles. The molecule has 3 nitrogen and oxygen atoms in total. The minimum Gasteiger partial charge on any atom is -0.385 e. The van der Waals surface area contributed by atoms with Gasteiger partial charge in [0.15, 0.2) is 0 Å². The summed E-state index contributed by atoms with van der Waals surface area (Å²) in [5, 5.41) is 12.0. The number of hydrogen-bond donors (Lipinski definition) is 1. The van der Waals surface area contributed by atoms with E-state index in [0.29, 0.717) is 31.4 Å². The molecule has 0 unspecified atom stereocenters. The van der Waals surface area contributed by atoms with Gasteiger partial charge in [-0.2, -0.15) is 0 Å². The Balaban J connectivity index is 1.58. The molecule has 0 saturated carbocycles. The highest BCUT2D eigenvalue weighted by Gasteiger charge is 2.34. The van der Waals surface area contributed by atoms with Gasteiger partial charge in [-0.25, -0.2) is 9.37 Å². The number of hydrogen-bond acceptors (Lipinski definition) is 3. The normalized spacial score (nSPS) is 16.8. The van der Waals surface area contributed by atoms with E-state index in [1.54, 1.807) is 6.07 Å². The van der Waals surface area contributed by atoms with E-state index < -0.39 is 5.60 Å². The third-order valence-corrected chi connectivity index (χ3v) is 5.79. The molecule has 0 amide bonds. The topological polar surface area (TPSA) is 36.4 Å². The molecule has 5 heteroatoms. The molecule has 0 atom stereocenters. The van der Waals surface area contributed by atoms with Crippen molar-refractivity contribution in [3.8, 4) is 0 Å². The van der Waals surface area contributed by atoms with E-state index in [0.717, 1.165) is 26.8 Å². The van der Waals surface area contributed by atoms with Crippen LogP contribution in [0.1, 0.15) is 24.0 Å². The monoisotopic (exact) mass is 414 g/mol. The summed E-state index contributed by atoms with van der Waals surface area (Å²) in [6.07, 6.45) is 1.27. The minimum atomic E-state index is -0.810. The first kappa shape index (κ1) is 17.4. The van der Waals surface area contributed by atoms with Crippen molar-refractivity contribution in [1.29, 1.82) is 0 Å². The zero-order chi connectivity index (χ0) is 18.3. The quantitative estimate of drug-likeness (QED) is 0.645. The number of anilines is 1. The van der Waals surface area contributed by atoms with Gasteiger partial charge < -0.3 is 10.0 Å². The molecule has 0 spiro atoms. The van der Waals surface area contributed by atoms with Crippen LogP contribution in [0, 0.1) is 12.7 Å². The zero-order valence-electron chi connectivity index (χ0n) is 14.5. The molecule has 1 aromatic heterocycles. The van der Waals surface area contributed by atoms with Crippen LogP contribution in [0.15, 0.2) is 53.0 Å². The highest BCUT2D eigenvalue weighted by molar-refractivity contribution is 9.10. The number of aliphatic hydroxyl groups is 1. The lowest BCUT2D eigenvalue weighted by atomic mass is 9.84. The van der Waals surface area contributed by atoms with Crippen molar-refractivity contribution < 1.29 is 9.50 Å². The summed E-state index contributed by atoms with van der Waals surface area (Å²) < 4.78 is 14.6. The van der Waals surface area contributed by atoms with Gasteiger partial charge in [-0.15, -0.1) is 0 Å². The molecule has 0 bridgehead atoms. The fraction of sp³-hybridized carbons (Fsp3) is 0.286. The number of piperidine rings is 1. The Labute approximate surface area is 160 Å². The van der Waals surface area contributed by atoms with Gasteiger partial charge in [-0.05, 0) is 61.2 Å². The van der Waals surface area contributed by atoms with Crippen molar-refractivity contribution in [2.24, 2.45) is 0 Å². The van der Waals surface area contributed by atoms with Crippen molar-refractivity contribution in [3.63, 3.8) is 0 Å². The summed E-state index contributed by atoms with van der Waals surface area (Å²) in [4.78, 5) is 6.82. The Hall–Kier alpha value is -1.98. The van der Waals surface area contributed by atoms with Crippen molar-refractivity contribution in [3.05, 3.63) is 69.9 Å². The van der Waals surface area contributed by atoms with Crippen LogP contribution in [0.5, 0.6) is 0 Å². The van der Waals surface area contributed by atoms with Crippen LogP contribution >= 0.6 is 15.9 Å². The highest BCUT2D eigenvalue weighted by Crippen LogP contribution is 2.35. The lowest BCUT2D eigenvalue weighted by Crippen LogP contribution is -2.43. The van der Waals surface area contributed by atoms with Crippen molar-refractivity contribution in [1.82, 2.24) is 4.98 Å². The fourth-order valence-electron chi connectivity index (χ4n) is 3.67. The molecule has 134 valence electrons. The van der Waals surface area contributed by atoms with Gasteiger partial charge in [0.05, 0.1) is 11.1 Å². The van der Waals surface area contributed by atoms with Gasteiger partial charge in [0.1, 0.15) is 11.6 Å². The van der Waals surface area contributed by atoms with E-state index in [1.807, 2.05) is 37.3 Å². The molecule has 1 aliphatic heterocycles. The second kappa shape index (κ2) is 6.63. The van der Waals surface area contributed by atoms with Crippen LogP contribution < -0.4 is 4.90 Å². The average Bonchev–Trinajstić information content (AvgIpc) is 2.62. The maximum absolute atomic E-state index is 13.6. The van der Waals surface area contributed by atoms with E-state index in [4.69, 9.17) is 0 Å². The molecule has 2 aromatic carbocycles. The smallest absolute Gasteiger partial charge is 0.129 e. The van der Waals surface area contributed by atoms with Gasteiger partial charge in [0, 0.05) is 29.0 Å². The number of nitrogens with zero attached hydrogens (tertiary/aromatic N) is 2. The van der Waals surface area contributed by atoms with Gasteiger partial charge in [0.2, 0.25) is 0 Å². The van der Waals surface area contributed by atoms with Crippen LogP contribution in [0.3, 0.4) is 0 Å². The van der Waals surface area contributed by atoms with E-state index in [1.165, 1.54) is 12.1 Å². The first-order chi connectivity index (χ1) is 12.4. The molecule has 1 aliphatic rings. The first-order valence-electron chi connectivity index (χ1n) is 8.75. The maximum atomic E-state index is 13.6. The minimum absolute atomic E-state index is 0.273. The van der Waals surface area contributed by atoms with E-state index in [9.17, 15) is 9.50 Å². The molecule has 4 rings (SSSR count). The van der Waals surface area contributed by atoms with Crippen molar-refractivity contribution >= 4 is 32.7 Å². The predicted molar refractivity (Wildman–Crippen MR) is 106 cm³/mol. The Bertz CT molecular complexity index is 950. The summed E-state index contributed by atoms with van der Waals surface area (Å²) >= 11 is 3.43. The van der Waals surface area contributed by atoms with Gasteiger partial charge >= 0.3 is 0 Å². The SMILES string of the molecule is Cc1cc(N2CCC(O)(c3ccc(Br)cc3)CC2)nc2cc(F)ccc12. The molecule has 1 N–H and O–H groups in total. The second-order valence-electron chi connectivity index (χ2n) is 6.98. The van der Waals surface area contributed by atoms with Crippen molar-refractivity contribution in [2.45, 2.75) is 25.4 Å². The molecule has 1 fully saturated rings. The zero-order valence-corrected chi connectivity index (χ0v) is 16.1. The molecule has 0 aliphatic carbocycles. The summed E-state index contributed by atoms with van der Waals surface area (Å²) in [7, 11) is 0. The molecule has 2 heterocycles.